The Bertz CT molecular complexity index is 526. The maximum absolute atomic E-state index is 12.1. The van der Waals surface area contributed by atoms with E-state index in [1.54, 1.807) is 0 Å². The summed E-state index contributed by atoms with van der Waals surface area (Å²) < 4.78 is 5.17. The second-order valence-electron chi connectivity index (χ2n) is 5.40. The number of non-ortho nitro benzene ring substituents is 1. The molecule has 7 heteroatoms. The number of carbonyl (C=O) groups is 1. The molecule has 1 aromatic carbocycles. The van der Waals surface area contributed by atoms with Gasteiger partial charge < -0.3 is 14.7 Å². The zero-order valence-electron chi connectivity index (χ0n) is 11.3. The number of nitro groups is 1. The van der Waals surface area contributed by atoms with Crippen molar-refractivity contribution in [3.05, 3.63) is 34.4 Å². The minimum absolute atomic E-state index is 0.0678. The normalized spacial score (nSPS) is 20.8. The lowest BCUT2D eigenvalue weighted by Gasteiger charge is -2.29. The molecule has 1 heterocycles. The topological polar surface area (TPSA) is 92.9 Å². The molecule has 0 aliphatic carbocycles. The minimum Gasteiger partial charge on any atom is -0.410 e. The number of aliphatic hydroxyl groups is 1. The Balaban J connectivity index is 2.06. The van der Waals surface area contributed by atoms with Crippen LogP contribution in [0.5, 0.6) is 5.75 Å². The zero-order valence-corrected chi connectivity index (χ0v) is 11.3. The molecule has 1 aliphatic heterocycles. The van der Waals surface area contributed by atoms with Crippen LogP contribution in [-0.4, -0.2) is 39.2 Å². The molecule has 0 aromatic heterocycles. The number of rotatable bonds is 2. The van der Waals surface area contributed by atoms with Crippen LogP contribution in [0.25, 0.3) is 0 Å². The van der Waals surface area contributed by atoms with E-state index in [2.05, 4.69) is 0 Å². The van der Waals surface area contributed by atoms with E-state index in [9.17, 15) is 20.0 Å². The first kappa shape index (κ1) is 14.3. The third-order valence-electron chi connectivity index (χ3n) is 3.33. The molecule has 1 amide bonds. The third kappa shape index (κ3) is 2.88. The Hall–Kier alpha value is -2.15. The monoisotopic (exact) mass is 280 g/mol. The van der Waals surface area contributed by atoms with Crippen LogP contribution in [0.4, 0.5) is 10.5 Å². The highest BCUT2D eigenvalue weighted by Gasteiger charge is 2.41. The molecular weight excluding hydrogens is 264 g/mol. The van der Waals surface area contributed by atoms with E-state index in [1.807, 2.05) is 13.8 Å². The average molecular weight is 280 g/mol. The van der Waals surface area contributed by atoms with E-state index in [1.165, 1.54) is 29.2 Å². The summed E-state index contributed by atoms with van der Waals surface area (Å²) in [6, 6.07) is 5.28. The van der Waals surface area contributed by atoms with Gasteiger partial charge in [-0.2, -0.15) is 0 Å². The van der Waals surface area contributed by atoms with E-state index < -0.39 is 22.7 Å². The van der Waals surface area contributed by atoms with Crippen molar-refractivity contribution in [1.82, 2.24) is 4.90 Å². The van der Waals surface area contributed by atoms with Crippen molar-refractivity contribution in [2.45, 2.75) is 31.9 Å². The van der Waals surface area contributed by atoms with Crippen molar-refractivity contribution in [3.8, 4) is 5.75 Å². The maximum atomic E-state index is 12.1. The van der Waals surface area contributed by atoms with Crippen LogP contribution in [0, 0.1) is 10.1 Å². The van der Waals surface area contributed by atoms with Gasteiger partial charge in [0.2, 0.25) is 0 Å². The molecule has 1 saturated heterocycles. The predicted molar refractivity (Wildman–Crippen MR) is 70.5 cm³/mol. The Kier molecular flexibility index (Phi) is 3.63. The number of nitrogens with zero attached hydrogens (tertiary/aromatic N) is 2. The smallest absolute Gasteiger partial charge is 0.410 e. The predicted octanol–water partition coefficient (Wildman–Crippen LogP) is 1.94. The van der Waals surface area contributed by atoms with Crippen molar-refractivity contribution in [2.24, 2.45) is 0 Å². The highest BCUT2D eigenvalue weighted by atomic mass is 16.6. The molecule has 0 bridgehead atoms. The number of nitro benzene ring substituents is 1. The van der Waals surface area contributed by atoms with E-state index in [0.29, 0.717) is 6.42 Å². The lowest BCUT2D eigenvalue weighted by molar-refractivity contribution is -0.384. The highest BCUT2D eigenvalue weighted by Crippen LogP contribution is 2.29. The molecule has 0 saturated carbocycles. The summed E-state index contributed by atoms with van der Waals surface area (Å²) in [7, 11) is 0. The summed E-state index contributed by atoms with van der Waals surface area (Å²) in [4.78, 5) is 23.5. The molecule has 108 valence electrons. The Morgan fingerprint density at radius 2 is 2.05 bits per heavy atom. The largest absolute Gasteiger partial charge is 0.415 e. The van der Waals surface area contributed by atoms with Crippen LogP contribution >= 0.6 is 0 Å². The number of aliphatic hydroxyl groups excluding tert-OH is 1. The number of likely N-dealkylation sites (tertiary alicyclic amines) is 1. The SMILES string of the molecule is CC1(C)CC(O)CN1C(=O)Oc1ccc([N+](=O)[O-])cc1. The van der Waals surface area contributed by atoms with Crippen LogP contribution in [0.3, 0.4) is 0 Å². The van der Waals surface area contributed by atoms with Crippen molar-refractivity contribution in [1.29, 1.82) is 0 Å². The number of amides is 1. The van der Waals surface area contributed by atoms with E-state index >= 15 is 0 Å². The molecular formula is C13H16N2O5. The lowest BCUT2D eigenvalue weighted by atomic mass is 10.0. The fourth-order valence-electron chi connectivity index (χ4n) is 2.32. The second kappa shape index (κ2) is 5.09. The number of hydrogen-bond donors (Lipinski definition) is 1. The number of β-amino-alcohol motifs (C(OH)–C–C–N with tert-alkyl or cyclic N) is 1. The molecule has 0 spiro atoms. The summed E-state index contributed by atoms with van der Waals surface area (Å²) in [5, 5.41) is 20.1. The van der Waals surface area contributed by atoms with Gasteiger partial charge in [-0.3, -0.25) is 10.1 Å². The van der Waals surface area contributed by atoms with Crippen LogP contribution in [0.2, 0.25) is 0 Å². The minimum atomic E-state index is -0.569. The molecule has 1 N–H and O–H groups in total. The molecule has 1 atom stereocenters. The summed E-state index contributed by atoms with van der Waals surface area (Å²) in [6.45, 7) is 3.92. The Labute approximate surface area is 115 Å². The quantitative estimate of drug-likeness (QED) is 0.660. The molecule has 20 heavy (non-hydrogen) atoms. The standard InChI is InChI=1S/C13H16N2O5/c1-13(2)7-10(16)8-14(13)12(17)20-11-5-3-9(4-6-11)15(18)19/h3-6,10,16H,7-8H2,1-2H3. The zero-order chi connectivity index (χ0) is 14.9. The van der Waals surface area contributed by atoms with E-state index in [-0.39, 0.29) is 18.0 Å². The van der Waals surface area contributed by atoms with E-state index in [4.69, 9.17) is 4.74 Å². The third-order valence-corrected chi connectivity index (χ3v) is 3.33. The molecule has 2 rings (SSSR count). The molecule has 1 aromatic rings. The van der Waals surface area contributed by atoms with Gasteiger partial charge in [0.05, 0.1) is 17.6 Å². The van der Waals surface area contributed by atoms with Gasteiger partial charge in [-0.05, 0) is 32.4 Å². The molecule has 1 fully saturated rings. The van der Waals surface area contributed by atoms with E-state index in [0.717, 1.165) is 0 Å². The fraction of sp³-hybridized carbons (Fsp3) is 0.462. The summed E-state index contributed by atoms with van der Waals surface area (Å²) in [6.07, 6.45) is -0.641. The van der Waals surface area contributed by atoms with Crippen LogP contribution < -0.4 is 4.74 Å². The van der Waals surface area contributed by atoms with Gasteiger partial charge in [-0.1, -0.05) is 0 Å². The first-order valence-corrected chi connectivity index (χ1v) is 6.21. The van der Waals surface area contributed by atoms with Crippen molar-refractivity contribution in [2.75, 3.05) is 6.54 Å². The first-order valence-electron chi connectivity index (χ1n) is 6.21. The molecule has 1 unspecified atom stereocenters. The second-order valence-corrected chi connectivity index (χ2v) is 5.40. The fourth-order valence-corrected chi connectivity index (χ4v) is 2.32. The van der Waals surface area contributed by atoms with Crippen LogP contribution in [0.15, 0.2) is 24.3 Å². The summed E-state index contributed by atoms with van der Waals surface area (Å²) >= 11 is 0. The van der Waals surface area contributed by atoms with Crippen LogP contribution in [-0.2, 0) is 0 Å². The van der Waals surface area contributed by atoms with Gasteiger partial charge in [-0.25, -0.2) is 4.79 Å². The lowest BCUT2D eigenvalue weighted by Crippen LogP contribution is -2.44. The number of carbonyl (C=O) groups excluding carboxylic acids is 1. The van der Waals surface area contributed by atoms with Crippen molar-refractivity contribution < 1.29 is 19.6 Å². The van der Waals surface area contributed by atoms with Gasteiger partial charge in [-0.15, -0.1) is 0 Å². The van der Waals surface area contributed by atoms with Gasteiger partial charge in [0.1, 0.15) is 5.75 Å². The van der Waals surface area contributed by atoms with Crippen molar-refractivity contribution in [3.63, 3.8) is 0 Å². The molecule has 0 radical (unpaired) electrons. The highest BCUT2D eigenvalue weighted by molar-refractivity contribution is 5.72. The summed E-state index contributed by atoms with van der Waals surface area (Å²) in [5.74, 6) is 0.234. The van der Waals surface area contributed by atoms with Gasteiger partial charge in [0.25, 0.3) is 5.69 Å². The van der Waals surface area contributed by atoms with Crippen LogP contribution in [0.1, 0.15) is 20.3 Å². The average Bonchev–Trinajstić information content (AvgIpc) is 2.63. The number of hydrogen-bond acceptors (Lipinski definition) is 5. The maximum Gasteiger partial charge on any atom is 0.415 e. The van der Waals surface area contributed by atoms with Gasteiger partial charge in [0.15, 0.2) is 0 Å². The summed E-state index contributed by atoms with van der Waals surface area (Å²) in [5.41, 5.74) is -0.543. The van der Waals surface area contributed by atoms with Gasteiger partial charge in [0, 0.05) is 17.7 Å². The Morgan fingerprint density at radius 3 is 2.50 bits per heavy atom. The number of ether oxygens (including phenoxy) is 1. The van der Waals surface area contributed by atoms with Gasteiger partial charge >= 0.3 is 6.09 Å². The molecule has 7 nitrogen and oxygen atoms in total. The van der Waals surface area contributed by atoms with Crippen molar-refractivity contribution >= 4 is 11.8 Å². The molecule has 1 aliphatic rings. The number of benzene rings is 1. The first-order chi connectivity index (χ1) is 9.29. The Morgan fingerprint density at radius 1 is 1.45 bits per heavy atom.